The molecule has 1 heterocycles. The van der Waals surface area contributed by atoms with Crippen LogP contribution in [0.15, 0.2) is 12.7 Å². The van der Waals surface area contributed by atoms with Crippen molar-refractivity contribution in [1.29, 1.82) is 0 Å². The van der Waals surface area contributed by atoms with E-state index < -0.39 is 0 Å². The molecule has 0 aromatic carbocycles. The second-order valence-electron chi connectivity index (χ2n) is 3.10. The second-order valence-corrected chi connectivity index (χ2v) is 3.10. The molecular formula is C9H17ClN2. The van der Waals surface area contributed by atoms with Gasteiger partial charge < -0.3 is 12.4 Å². The molecule has 0 amide bonds. The fourth-order valence-electron chi connectivity index (χ4n) is 1.49. The summed E-state index contributed by atoms with van der Waals surface area (Å²) in [6.07, 6.45) is 6.70. The van der Waals surface area contributed by atoms with Gasteiger partial charge in [0.05, 0.1) is 12.5 Å². The van der Waals surface area contributed by atoms with Gasteiger partial charge in [-0.1, -0.05) is 6.08 Å². The van der Waals surface area contributed by atoms with E-state index in [0.717, 1.165) is 18.8 Å². The summed E-state index contributed by atoms with van der Waals surface area (Å²) in [4.78, 5) is 3.23. The largest absolute Gasteiger partial charge is 1.00 e. The second kappa shape index (κ2) is 6.06. The van der Waals surface area contributed by atoms with Crippen LogP contribution in [0.5, 0.6) is 0 Å². The Bertz CT molecular complexity index is 166. The van der Waals surface area contributed by atoms with Crippen LogP contribution < -0.4 is 23.1 Å². The lowest BCUT2D eigenvalue weighted by molar-refractivity contribution is -0.459. The number of halogens is 1. The van der Waals surface area contributed by atoms with E-state index in [0.29, 0.717) is 5.92 Å². The molecule has 1 rings (SSSR count). The van der Waals surface area contributed by atoms with E-state index >= 15 is 0 Å². The van der Waals surface area contributed by atoms with Crippen molar-refractivity contribution in [3.05, 3.63) is 12.7 Å². The zero-order chi connectivity index (χ0) is 8.10. The predicted molar refractivity (Wildman–Crippen MR) is 47.2 cm³/mol. The number of amidine groups is 1. The van der Waals surface area contributed by atoms with Crippen LogP contribution in [0.25, 0.3) is 0 Å². The Morgan fingerprint density at radius 3 is 3.00 bits per heavy atom. The van der Waals surface area contributed by atoms with Gasteiger partial charge in [0.25, 0.3) is 0 Å². The minimum atomic E-state index is 0. The van der Waals surface area contributed by atoms with Gasteiger partial charge in [-0.3, -0.25) is 10.7 Å². The van der Waals surface area contributed by atoms with E-state index in [1.165, 1.54) is 19.3 Å². The van der Waals surface area contributed by atoms with E-state index in [-0.39, 0.29) is 12.4 Å². The fraction of sp³-hybridized carbons (Fsp3) is 0.667. The highest BCUT2D eigenvalue weighted by atomic mass is 35.5. The van der Waals surface area contributed by atoms with E-state index in [1.54, 1.807) is 0 Å². The number of hydrogen-bond donors (Lipinski definition) is 2. The van der Waals surface area contributed by atoms with Crippen molar-refractivity contribution in [2.75, 3.05) is 6.54 Å². The Kier molecular flexibility index (Phi) is 5.81. The number of nitrogens with two attached hydrogens (primary N) is 1. The first-order valence-corrected chi connectivity index (χ1v) is 4.31. The number of allylic oxidation sites excluding steroid dienone is 1. The molecule has 0 bridgehead atoms. The van der Waals surface area contributed by atoms with Crippen molar-refractivity contribution in [2.24, 2.45) is 11.7 Å². The lowest BCUT2D eigenvalue weighted by Crippen LogP contribution is -3.00. The fourth-order valence-corrected chi connectivity index (χ4v) is 1.49. The normalized spacial score (nSPS) is 23.3. The molecule has 3 heteroatoms. The van der Waals surface area contributed by atoms with Gasteiger partial charge in [-0.2, -0.15) is 0 Å². The lowest BCUT2D eigenvalue weighted by Gasteiger charge is -2.05. The minimum absolute atomic E-state index is 0. The quantitative estimate of drug-likeness (QED) is 0.441. The molecule has 70 valence electrons. The van der Waals surface area contributed by atoms with Crippen molar-refractivity contribution in [3.63, 3.8) is 0 Å². The molecule has 3 N–H and O–H groups in total. The topological polar surface area (TPSA) is 40.0 Å². The van der Waals surface area contributed by atoms with Crippen LogP contribution >= 0.6 is 0 Å². The van der Waals surface area contributed by atoms with Crippen LogP contribution in [-0.2, 0) is 0 Å². The average Bonchev–Trinajstić information content (AvgIpc) is 2.18. The Labute approximate surface area is 80.4 Å². The maximum atomic E-state index is 5.82. The Morgan fingerprint density at radius 2 is 2.33 bits per heavy atom. The zero-order valence-electron chi connectivity index (χ0n) is 7.35. The monoisotopic (exact) mass is 188 g/mol. The maximum absolute atomic E-state index is 5.82. The molecule has 1 aliphatic rings. The van der Waals surface area contributed by atoms with Crippen LogP contribution in [-0.4, -0.2) is 12.4 Å². The summed E-state index contributed by atoms with van der Waals surface area (Å²) in [6, 6.07) is 0. The van der Waals surface area contributed by atoms with Gasteiger partial charge in [-0.25, -0.2) is 0 Å². The molecule has 0 spiro atoms. The third kappa shape index (κ3) is 3.26. The summed E-state index contributed by atoms with van der Waals surface area (Å²) in [5.41, 5.74) is 5.82. The molecule has 1 aliphatic heterocycles. The third-order valence-electron chi connectivity index (χ3n) is 2.20. The van der Waals surface area contributed by atoms with E-state index in [2.05, 4.69) is 11.6 Å². The Morgan fingerprint density at radius 1 is 1.58 bits per heavy atom. The molecule has 0 aromatic rings. The van der Waals surface area contributed by atoms with Gasteiger partial charge in [0.15, 0.2) is 0 Å². The van der Waals surface area contributed by atoms with Crippen LogP contribution in [0.3, 0.4) is 0 Å². The van der Waals surface area contributed by atoms with Crippen LogP contribution in [0, 0.1) is 5.92 Å². The Hall–Kier alpha value is -0.500. The number of hydrogen-bond acceptors (Lipinski definition) is 1. The summed E-state index contributed by atoms with van der Waals surface area (Å²) >= 11 is 0. The molecule has 0 saturated heterocycles. The SMILES string of the molecule is C=CCC1CCCC[NH+]=C1N.[Cl-]. The molecule has 1 atom stereocenters. The van der Waals surface area contributed by atoms with Crippen molar-refractivity contribution < 1.29 is 17.4 Å². The highest BCUT2D eigenvalue weighted by Crippen LogP contribution is 2.12. The zero-order valence-corrected chi connectivity index (χ0v) is 8.11. The van der Waals surface area contributed by atoms with Crippen LogP contribution in [0.4, 0.5) is 0 Å². The maximum Gasteiger partial charge on any atom is 0.243 e. The number of rotatable bonds is 2. The molecule has 2 nitrogen and oxygen atoms in total. The van der Waals surface area contributed by atoms with Gasteiger partial charge in [-0.05, 0) is 25.7 Å². The minimum Gasteiger partial charge on any atom is -1.00 e. The van der Waals surface area contributed by atoms with Crippen molar-refractivity contribution in [1.82, 2.24) is 0 Å². The first-order chi connectivity index (χ1) is 5.34. The van der Waals surface area contributed by atoms with Crippen LogP contribution in [0.1, 0.15) is 25.7 Å². The summed E-state index contributed by atoms with van der Waals surface area (Å²) in [5.74, 6) is 1.48. The van der Waals surface area contributed by atoms with Crippen LogP contribution in [0.2, 0.25) is 0 Å². The summed E-state index contributed by atoms with van der Waals surface area (Å²) in [7, 11) is 0. The third-order valence-corrected chi connectivity index (χ3v) is 2.20. The Balaban J connectivity index is 0.00000121. The van der Waals surface area contributed by atoms with E-state index in [9.17, 15) is 0 Å². The first-order valence-electron chi connectivity index (χ1n) is 4.31. The highest BCUT2D eigenvalue weighted by Gasteiger charge is 2.17. The average molecular weight is 189 g/mol. The smallest absolute Gasteiger partial charge is 0.243 e. The number of nitrogens with one attached hydrogen (secondary N) is 1. The molecule has 12 heavy (non-hydrogen) atoms. The highest BCUT2D eigenvalue weighted by molar-refractivity contribution is 5.77. The molecule has 1 unspecified atom stereocenters. The van der Waals surface area contributed by atoms with Gasteiger partial charge in [-0.15, -0.1) is 6.58 Å². The first kappa shape index (κ1) is 11.5. The molecule has 0 fully saturated rings. The van der Waals surface area contributed by atoms with Gasteiger partial charge >= 0.3 is 0 Å². The predicted octanol–water partition coefficient (Wildman–Crippen LogP) is -3.20. The molecule has 0 saturated carbocycles. The summed E-state index contributed by atoms with van der Waals surface area (Å²) < 4.78 is 0. The van der Waals surface area contributed by atoms with Gasteiger partial charge in [0.2, 0.25) is 5.84 Å². The molecule has 0 radical (unpaired) electrons. The van der Waals surface area contributed by atoms with E-state index in [1.807, 2.05) is 6.08 Å². The summed E-state index contributed by atoms with van der Waals surface area (Å²) in [5, 5.41) is 0. The summed E-state index contributed by atoms with van der Waals surface area (Å²) in [6.45, 7) is 4.76. The molecule has 0 aromatic heterocycles. The lowest BCUT2D eigenvalue weighted by atomic mass is 9.98. The van der Waals surface area contributed by atoms with Crippen molar-refractivity contribution in [2.45, 2.75) is 25.7 Å². The molecule has 0 aliphatic carbocycles. The standard InChI is InChI=1S/C9H16N2.ClH/c1-2-5-8-6-3-4-7-11-9(8)10;/h2,8H,1,3-7H2,(H2,10,11);1H. The van der Waals surface area contributed by atoms with Crippen molar-refractivity contribution >= 4 is 5.84 Å². The van der Waals surface area contributed by atoms with Gasteiger partial charge in [0, 0.05) is 0 Å². The van der Waals surface area contributed by atoms with E-state index in [4.69, 9.17) is 5.73 Å². The van der Waals surface area contributed by atoms with Gasteiger partial charge in [0.1, 0.15) is 0 Å². The van der Waals surface area contributed by atoms with Crippen molar-refractivity contribution in [3.8, 4) is 0 Å². The molecular weight excluding hydrogens is 172 g/mol.